The molecule has 0 aliphatic carbocycles. The number of carbonyl (C=O) groups is 1. The van der Waals surface area contributed by atoms with Crippen LogP contribution in [0.3, 0.4) is 0 Å². The minimum Gasteiger partial charge on any atom is -0.370 e. The predicted octanol–water partition coefficient (Wildman–Crippen LogP) is 1.65. The molecule has 5 nitrogen and oxygen atoms in total. The Kier molecular flexibility index (Phi) is 17.2. The zero-order chi connectivity index (χ0) is 15.2. The fraction of sp³-hybridized carbons (Fsp3) is 0.846. The first kappa shape index (κ1) is 22.1. The fourth-order valence-electron chi connectivity index (χ4n) is 0.672. The highest BCUT2D eigenvalue weighted by Crippen LogP contribution is 2.12. The molecule has 6 N–H and O–H groups in total. The molecule has 0 rings (SSSR count). The Morgan fingerprint density at radius 3 is 1.78 bits per heavy atom. The van der Waals surface area contributed by atoms with Gasteiger partial charge in [-0.15, -0.1) is 0 Å². The summed E-state index contributed by atoms with van der Waals surface area (Å²) in [6.07, 6.45) is 2.20. The highest BCUT2D eigenvalue weighted by atomic mass is 16.1. The van der Waals surface area contributed by atoms with E-state index in [1.165, 1.54) is 0 Å². The van der Waals surface area contributed by atoms with E-state index in [4.69, 9.17) is 17.2 Å². The summed E-state index contributed by atoms with van der Waals surface area (Å²) in [5.41, 5.74) is 15.0. The van der Waals surface area contributed by atoms with Gasteiger partial charge in [-0.05, 0) is 6.42 Å². The first-order valence-corrected chi connectivity index (χ1v) is 6.54. The van der Waals surface area contributed by atoms with E-state index in [-0.39, 0.29) is 23.7 Å². The van der Waals surface area contributed by atoms with E-state index in [2.05, 4.69) is 11.9 Å². The lowest BCUT2D eigenvalue weighted by atomic mass is 9.91. The molecule has 0 heterocycles. The molecule has 5 heteroatoms. The van der Waals surface area contributed by atoms with Crippen LogP contribution < -0.4 is 17.2 Å². The van der Waals surface area contributed by atoms with Crippen LogP contribution >= 0.6 is 0 Å². The lowest BCUT2D eigenvalue weighted by Gasteiger charge is -2.13. The van der Waals surface area contributed by atoms with Gasteiger partial charge in [0.05, 0.1) is 6.54 Å². The number of carbonyl (C=O) groups excluding carboxylic acids is 1. The van der Waals surface area contributed by atoms with E-state index in [0.717, 1.165) is 19.4 Å². The molecule has 0 radical (unpaired) electrons. The van der Waals surface area contributed by atoms with Gasteiger partial charge in [0, 0.05) is 12.0 Å². The van der Waals surface area contributed by atoms with Crippen LogP contribution in [-0.4, -0.2) is 24.8 Å². The van der Waals surface area contributed by atoms with E-state index < -0.39 is 0 Å². The molecule has 0 saturated heterocycles. The topological polar surface area (TPSA) is 107 Å². The summed E-state index contributed by atoms with van der Waals surface area (Å²) in [5.74, 6) is 0.302. The maximum Gasteiger partial charge on any atom is 0.185 e. The van der Waals surface area contributed by atoms with Crippen LogP contribution in [0.2, 0.25) is 0 Å². The SMILES string of the molecule is CC.CC(C)(C)C(=O)CN.CCCCN=C(N)N. The first-order chi connectivity index (χ1) is 8.25. The number of aliphatic imine (C=N–C) groups is 1. The third kappa shape index (κ3) is 20.3. The molecule has 110 valence electrons. The molecule has 0 aromatic carbocycles. The van der Waals surface area contributed by atoms with Gasteiger partial charge < -0.3 is 17.2 Å². The maximum absolute atomic E-state index is 10.7. The zero-order valence-electron chi connectivity index (χ0n) is 12.9. The standard InChI is InChI=1S/C6H13NO.C5H13N3.C2H6/c1-6(2,3)5(8)4-7;1-2-3-4-8-5(6)7;1-2/h4,7H2,1-3H3;2-4H2,1H3,(H4,6,7,8);1-2H3. The molecule has 18 heavy (non-hydrogen) atoms. The van der Waals surface area contributed by atoms with Crippen molar-refractivity contribution in [2.75, 3.05) is 13.1 Å². The van der Waals surface area contributed by atoms with Crippen molar-refractivity contribution >= 4 is 11.7 Å². The van der Waals surface area contributed by atoms with Gasteiger partial charge in [0.1, 0.15) is 0 Å². The molecule has 0 aliphatic heterocycles. The lowest BCUT2D eigenvalue weighted by Crippen LogP contribution is -2.27. The van der Waals surface area contributed by atoms with Gasteiger partial charge in [-0.1, -0.05) is 48.0 Å². The summed E-state index contributed by atoms with van der Waals surface area (Å²) in [5, 5.41) is 0. The number of guanidine groups is 1. The summed E-state index contributed by atoms with van der Waals surface area (Å²) in [6.45, 7) is 12.6. The number of nitrogens with two attached hydrogens (primary N) is 3. The number of hydrogen-bond donors (Lipinski definition) is 3. The van der Waals surface area contributed by atoms with Crippen molar-refractivity contribution < 1.29 is 4.79 Å². The molecular weight excluding hydrogens is 228 g/mol. The Labute approximate surface area is 112 Å². The van der Waals surface area contributed by atoms with Crippen molar-refractivity contribution in [3.63, 3.8) is 0 Å². The third-order valence-corrected chi connectivity index (χ3v) is 1.83. The van der Waals surface area contributed by atoms with Gasteiger partial charge >= 0.3 is 0 Å². The molecule has 0 saturated carbocycles. The molecule has 0 unspecified atom stereocenters. The second-order valence-electron chi connectivity index (χ2n) is 4.54. The average molecular weight is 260 g/mol. The molecule has 0 aliphatic rings. The Balaban J connectivity index is -0.000000219. The monoisotopic (exact) mass is 260 g/mol. The summed E-state index contributed by atoms with van der Waals surface area (Å²) in [6, 6.07) is 0. The van der Waals surface area contributed by atoms with Gasteiger partial charge in [0.2, 0.25) is 0 Å². The van der Waals surface area contributed by atoms with Crippen LogP contribution in [-0.2, 0) is 4.79 Å². The molecule has 0 spiro atoms. The smallest absolute Gasteiger partial charge is 0.185 e. The van der Waals surface area contributed by atoms with Crippen LogP contribution in [0.25, 0.3) is 0 Å². The second-order valence-corrected chi connectivity index (χ2v) is 4.54. The van der Waals surface area contributed by atoms with Crippen molar-refractivity contribution in [1.82, 2.24) is 0 Å². The maximum atomic E-state index is 10.7. The highest BCUT2D eigenvalue weighted by Gasteiger charge is 2.18. The number of unbranched alkanes of at least 4 members (excludes halogenated alkanes) is 1. The van der Waals surface area contributed by atoms with Crippen LogP contribution in [0.15, 0.2) is 4.99 Å². The van der Waals surface area contributed by atoms with Gasteiger partial charge in [0.15, 0.2) is 11.7 Å². The molecule has 0 bridgehead atoms. The summed E-state index contributed by atoms with van der Waals surface area (Å²) >= 11 is 0. The van der Waals surface area contributed by atoms with Crippen molar-refractivity contribution in [3.8, 4) is 0 Å². The quantitative estimate of drug-likeness (QED) is 0.406. The van der Waals surface area contributed by atoms with Crippen LogP contribution in [0.1, 0.15) is 54.4 Å². The Bertz CT molecular complexity index is 216. The van der Waals surface area contributed by atoms with Gasteiger partial charge in [-0.3, -0.25) is 9.79 Å². The minimum absolute atomic E-state index is 0.109. The van der Waals surface area contributed by atoms with Gasteiger partial charge in [0.25, 0.3) is 0 Å². The van der Waals surface area contributed by atoms with Crippen molar-refractivity contribution in [2.45, 2.75) is 54.4 Å². The zero-order valence-corrected chi connectivity index (χ0v) is 12.9. The summed E-state index contributed by atoms with van der Waals surface area (Å²) in [7, 11) is 0. The molecule has 0 aromatic heterocycles. The summed E-state index contributed by atoms with van der Waals surface area (Å²) < 4.78 is 0. The average Bonchev–Trinajstić information content (AvgIpc) is 2.30. The normalized spacial score (nSPS) is 9.28. The minimum atomic E-state index is -0.255. The van der Waals surface area contributed by atoms with Gasteiger partial charge in [-0.2, -0.15) is 0 Å². The Hall–Kier alpha value is -1.10. The van der Waals surface area contributed by atoms with Crippen LogP contribution in [0.5, 0.6) is 0 Å². The van der Waals surface area contributed by atoms with Crippen LogP contribution in [0, 0.1) is 5.41 Å². The third-order valence-electron chi connectivity index (χ3n) is 1.83. The van der Waals surface area contributed by atoms with Crippen molar-refractivity contribution in [3.05, 3.63) is 0 Å². The number of nitrogens with zero attached hydrogens (tertiary/aromatic N) is 1. The lowest BCUT2D eigenvalue weighted by molar-refractivity contribution is -0.124. The first-order valence-electron chi connectivity index (χ1n) is 6.54. The van der Waals surface area contributed by atoms with E-state index in [0.29, 0.717) is 0 Å². The van der Waals surface area contributed by atoms with E-state index >= 15 is 0 Å². The number of Topliss-reactive ketones (excluding diaryl/α,β-unsaturated/α-hetero) is 1. The summed E-state index contributed by atoms with van der Waals surface area (Å²) in [4.78, 5) is 14.5. The van der Waals surface area contributed by atoms with Crippen molar-refractivity contribution in [1.29, 1.82) is 0 Å². The molecule has 0 atom stereocenters. The second kappa shape index (κ2) is 14.0. The highest BCUT2D eigenvalue weighted by molar-refractivity contribution is 5.85. The number of rotatable bonds is 4. The predicted molar refractivity (Wildman–Crippen MR) is 80.4 cm³/mol. The van der Waals surface area contributed by atoms with Crippen LogP contribution in [0.4, 0.5) is 0 Å². The molecular formula is C13H32N4O. The van der Waals surface area contributed by atoms with E-state index in [1.54, 1.807) is 0 Å². The van der Waals surface area contributed by atoms with Crippen molar-refractivity contribution in [2.24, 2.45) is 27.6 Å². The van der Waals surface area contributed by atoms with Gasteiger partial charge in [-0.25, -0.2) is 0 Å². The van der Waals surface area contributed by atoms with E-state index in [9.17, 15) is 4.79 Å². The molecule has 0 amide bonds. The number of hydrogen-bond acceptors (Lipinski definition) is 3. The largest absolute Gasteiger partial charge is 0.370 e. The number of ketones is 1. The fourth-order valence-corrected chi connectivity index (χ4v) is 0.672. The van der Waals surface area contributed by atoms with E-state index in [1.807, 2.05) is 34.6 Å². The Morgan fingerprint density at radius 1 is 1.17 bits per heavy atom. The molecule has 0 fully saturated rings. The molecule has 0 aromatic rings. The Morgan fingerprint density at radius 2 is 1.61 bits per heavy atom.